The molecule has 0 fully saturated rings. The van der Waals surface area contributed by atoms with E-state index in [0.717, 1.165) is 10.9 Å². The first kappa shape index (κ1) is 14.7. The normalized spacial score (nSPS) is 10.3. The SMILES string of the molecule is CNC(=O)c1ccccc1NC(=O)c1ccnc2ccccc12. The number of carbonyl (C=O) groups is 2. The number of amides is 2. The number of anilines is 1. The lowest BCUT2D eigenvalue weighted by molar-refractivity contribution is 0.0964. The quantitative estimate of drug-likeness (QED) is 0.781. The van der Waals surface area contributed by atoms with Gasteiger partial charge < -0.3 is 10.6 Å². The Morgan fingerprint density at radius 2 is 1.61 bits per heavy atom. The zero-order valence-corrected chi connectivity index (χ0v) is 12.5. The van der Waals surface area contributed by atoms with Gasteiger partial charge >= 0.3 is 0 Å². The first-order valence-corrected chi connectivity index (χ1v) is 7.17. The molecule has 5 nitrogen and oxygen atoms in total. The van der Waals surface area contributed by atoms with Crippen molar-refractivity contribution in [3.63, 3.8) is 0 Å². The van der Waals surface area contributed by atoms with Gasteiger partial charge in [-0.3, -0.25) is 14.6 Å². The molecule has 1 aromatic heterocycles. The maximum Gasteiger partial charge on any atom is 0.256 e. The molecule has 0 unspecified atom stereocenters. The van der Waals surface area contributed by atoms with Crippen LogP contribution in [0, 0.1) is 0 Å². The highest BCUT2D eigenvalue weighted by atomic mass is 16.2. The molecule has 0 aliphatic carbocycles. The fourth-order valence-corrected chi connectivity index (χ4v) is 2.41. The first-order chi connectivity index (χ1) is 11.2. The monoisotopic (exact) mass is 305 g/mol. The summed E-state index contributed by atoms with van der Waals surface area (Å²) in [7, 11) is 1.55. The van der Waals surface area contributed by atoms with Gasteiger partial charge in [0, 0.05) is 18.6 Å². The average molecular weight is 305 g/mol. The Morgan fingerprint density at radius 3 is 2.43 bits per heavy atom. The van der Waals surface area contributed by atoms with Gasteiger partial charge in [-0.05, 0) is 24.3 Å². The molecule has 0 saturated heterocycles. The van der Waals surface area contributed by atoms with Crippen molar-refractivity contribution < 1.29 is 9.59 Å². The number of benzene rings is 2. The molecule has 114 valence electrons. The zero-order chi connectivity index (χ0) is 16.2. The summed E-state index contributed by atoms with van der Waals surface area (Å²) in [6, 6.07) is 16.0. The van der Waals surface area contributed by atoms with E-state index < -0.39 is 0 Å². The smallest absolute Gasteiger partial charge is 0.256 e. The highest BCUT2D eigenvalue weighted by Gasteiger charge is 2.14. The Morgan fingerprint density at radius 1 is 0.870 bits per heavy atom. The summed E-state index contributed by atoms with van der Waals surface area (Å²) < 4.78 is 0. The molecule has 2 amide bonds. The van der Waals surface area contributed by atoms with Crippen molar-refractivity contribution in [2.75, 3.05) is 12.4 Å². The summed E-state index contributed by atoms with van der Waals surface area (Å²) in [5.74, 6) is -0.527. The standard InChI is InChI=1S/C18H15N3O2/c1-19-17(22)14-7-3-5-9-16(14)21-18(23)13-10-11-20-15-8-4-2-6-12(13)15/h2-11H,1H3,(H,19,22)(H,21,23). The number of fused-ring (bicyclic) bond motifs is 1. The van der Waals surface area contributed by atoms with Crippen LogP contribution < -0.4 is 10.6 Å². The number of para-hydroxylation sites is 2. The molecule has 0 aliphatic heterocycles. The van der Waals surface area contributed by atoms with Crippen LogP contribution in [0.2, 0.25) is 0 Å². The molecule has 0 aliphatic rings. The second kappa shape index (κ2) is 6.27. The van der Waals surface area contributed by atoms with Crippen LogP contribution in [0.25, 0.3) is 10.9 Å². The van der Waals surface area contributed by atoms with Gasteiger partial charge in [-0.15, -0.1) is 0 Å². The van der Waals surface area contributed by atoms with Gasteiger partial charge in [0.05, 0.1) is 22.3 Å². The second-order valence-corrected chi connectivity index (χ2v) is 4.95. The molecule has 2 N–H and O–H groups in total. The van der Waals surface area contributed by atoms with E-state index in [0.29, 0.717) is 16.8 Å². The maximum absolute atomic E-state index is 12.6. The molecule has 0 atom stereocenters. The van der Waals surface area contributed by atoms with Crippen molar-refractivity contribution in [2.24, 2.45) is 0 Å². The molecule has 2 aromatic carbocycles. The van der Waals surface area contributed by atoms with Crippen LogP contribution in [0.3, 0.4) is 0 Å². The molecular weight excluding hydrogens is 290 g/mol. The number of carbonyl (C=O) groups excluding carboxylic acids is 2. The molecule has 3 aromatic rings. The van der Waals surface area contributed by atoms with Crippen molar-refractivity contribution in [2.45, 2.75) is 0 Å². The van der Waals surface area contributed by atoms with E-state index in [-0.39, 0.29) is 11.8 Å². The molecule has 5 heteroatoms. The number of nitrogens with one attached hydrogen (secondary N) is 2. The van der Waals surface area contributed by atoms with Crippen LogP contribution in [0.4, 0.5) is 5.69 Å². The van der Waals surface area contributed by atoms with Gasteiger partial charge in [0.15, 0.2) is 0 Å². The van der Waals surface area contributed by atoms with Crippen LogP contribution in [0.5, 0.6) is 0 Å². The molecule has 0 saturated carbocycles. The average Bonchev–Trinajstić information content (AvgIpc) is 2.61. The van der Waals surface area contributed by atoms with Crippen LogP contribution in [-0.2, 0) is 0 Å². The van der Waals surface area contributed by atoms with Crippen molar-refractivity contribution in [1.82, 2.24) is 10.3 Å². The number of nitrogens with zero attached hydrogens (tertiary/aromatic N) is 1. The zero-order valence-electron chi connectivity index (χ0n) is 12.5. The van der Waals surface area contributed by atoms with Crippen LogP contribution >= 0.6 is 0 Å². The number of rotatable bonds is 3. The number of aromatic nitrogens is 1. The first-order valence-electron chi connectivity index (χ1n) is 7.17. The summed E-state index contributed by atoms with van der Waals surface area (Å²) >= 11 is 0. The Balaban J connectivity index is 1.98. The molecule has 3 rings (SSSR count). The Hall–Kier alpha value is -3.21. The lowest BCUT2D eigenvalue weighted by atomic mass is 10.1. The minimum absolute atomic E-state index is 0.250. The number of hydrogen-bond acceptors (Lipinski definition) is 3. The van der Waals surface area contributed by atoms with E-state index in [1.54, 1.807) is 43.6 Å². The van der Waals surface area contributed by atoms with Gasteiger partial charge in [0.2, 0.25) is 0 Å². The lowest BCUT2D eigenvalue weighted by Crippen LogP contribution is -2.21. The van der Waals surface area contributed by atoms with Crippen molar-refractivity contribution >= 4 is 28.4 Å². The molecule has 0 radical (unpaired) electrons. The summed E-state index contributed by atoms with van der Waals surface area (Å²) in [6.45, 7) is 0. The van der Waals surface area contributed by atoms with Crippen molar-refractivity contribution in [3.8, 4) is 0 Å². The fraction of sp³-hybridized carbons (Fsp3) is 0.0556. The van der Waals surface area contributed by atoms with Gasteiger partial charge in [-0.1, -0.05) is 30.3 Å². The van der Waals surface area contributed by atoms with E-state index >= 15 is 0 Å². The predicted octanol–water partition coefficient (Wildman–Crippen LogP) is 2.85. The minimum Gasteiger partial charge on any atom is -0.355 e. The Bertz CT molecular complexity index is 885. The summed E-state index contributed by atoms with van der Waals surface area (Å²) in [6.07, 6.45) is 1.60. The third kappa shape index (κ3) is 2.89. The Labute approximate surface area is 133 Å². The van der Waals surface area contributed by atoms with Crippen LogP contribution in [0.15, 0.2) is 60.8 Å². The topological polar surface area (TPSA) is 71.1 Å². The fourth-order valence-electron chi connectivity index (χ4n) is 2.41. The third-order valence-corrected chi connectivity index (χ3v) is 3.54. The van der Waals surface area contributed by atoms with Gasteiger partial charge in [0.1, 0.15) is 0 Å². The van der Waals surface area contributed by atoms with Crippen LogP contribution in [0.1, 0.15) is 20.7 Å². The van der Waals surface area contributed by atoms with E-state index in [4.69, 9.17) is 0 Å². The van der Waals surface area contributed by atoms with E-state index in [1.807, 2.05) is 24.3 Å². The summed E-state index contributed by atoms with van der Waals surface area (Å²) in [5, 5.41) is 6.14. The van der Waals surface area contributed by atoms with E-state index in [9.17, 15) is 9.59 Å². The molecule has 23 heavy (non-hydrogen) atoms. The highest BCUT2D eigenvalue weighted by molar-refractivity contribution is 6.14. The minimum atomic E-state index is -0.278. The van der Waals surface area contributed by atoms with Gasteiger partial charge in [-0.2, -0.15) is 0 Å². The van der Waals surface area contributed by atoms with E-state index in [2.05, 4.69) is 15.6 Å². The lowest BCUT2D eigenvalue weighted by Gasteiger charge is -2.11. The summed E-state index contributed by atoms with van der Waals surface area (Å²) in [4.78, 5) is 28.8. The molecule has 0 spiro atoms. The second-order valence-electron chi connectivity index (χ2n) is 4.95. The predicted molar refractivity (Wildman–Crippen MR) is 89.5 cm³/mol. The Kier molecular flexibility index (Phi) is 4.01. The van der Waals surface area contributed by atoms with Crippen molar-refractivity contribution in [3.05, 3.63) is 71.9 Å². The molecular formula is C18H15N3O2. The van der Waals surface area contributed by atoms with Gasteiger partial charge in [-0.25, -0.2) is 0 Å². The van der Waals surface area contributed by atoms with E-state index in [1.165, 1.54) is 0 Å². The van der Waals surface area contributed by atoms with Crippen LogP contribution in [-0.4, -0.2) is 23.8 Å². The summed E-state index contributed by atoms with van der Waals surface area (Å²) in [5.41, 5.74) is 2.15. The largest absolute Gasteiger partial charge is 0.355 e. The number of pyridine rings is 1. The van der Waals surface area contributed by atoms with Gasteiger partial charge in [0.25, 0.3) is 11.8 Å². The molecule has 1 heterocycles. The third-order valence-electron chi connectivity index (χ3n) is 3.54. The molecule has 0 bridgehead atoms. The highest BCUT2D eigenvalue weighted by Crippen LogP contribution is 2.20. The number of hydrogen-bond donors (Lipinski definition) is 2. The van der Waals surface area contributed by atoms with Crippen molar-refractivity contribution in [1.29, 1.82) is 0 Å². The maximum atomic E-state index is 12.6.